The zero-order valence-electron chi connectivity index (χ0n) is 14.4. The van der Waals surface area contributed by atoms with E-state index in [-0.39, 0.29) is 22.5 Å². The van der Waals surface area contributed by atoms with Crippen molar-refractivity contribution in [2.75, 3.05) is 27.8 Å². The Kier molecular flexibility index (Phi) is 3.23. The van der Waals surface area contributed by atoms with Gasteiger partial charge in [0.2, 0.25) is 0 Å². The zero-order chi connectivity index (χ0) is 17.1. The first-order valence-corrected chi connectivity index (χ1v) is 8.40. The molecule has 128 valence electrons. The maximum atomic E-state index is 12.7. The summed E-state index contributed by atoms with van der Waals surface area (Å²) in [6.07, 6.45) is 5.11. The fourth-order valence-electron chi connectivity index (χ4n) is 5.27. The standard InChI is InChI=1S/C19H23NO4/c1-20-9-8-18-10-14(22)15(23-2)11-19(18,20)7-6-12-4-5-13(21)17(24-3)16(12)18/h4-5,11,21H,6-10H2,1-3H3. The van der Waals surface area contributed by atoms with E-state index in [0.717, 1.165) is 31.4 Å². The van der Waals surface area contributed by atoms with Crippen molar-refractivity contribution >= 4 is 5.78 Å². The van der Waals surface area contributed by atoms with Gasteiger partial charge in [-0.25, -0.2) is 0 Å². The topological polar surface area (TPSA) is 59.0 Å². The number of Topliss-reactive ketones (excluding diaryl/α,β-unsaturated/α-hetero) is 1. The quantitative estimate of drug-likeness (QED) is 0.901. The molecule has 4 rings (SSSR count). The van der Waals surface area contributed by atoms with Crippen molar-refractivity contribution in [1.82, 2.24) is 4.90 Å². The number of aryl methyl sites for hydroxylation is 1. The van der Waals surface area contributed by atoms with E-state index in [4.69, 9.17) is 9.47 Å². The van der Waals surface area contributed by atoms with Crippen molar-refractivity contribution in [2.45, 2.75) is 36.6 Å². The number of benzene rings is 1. The molecule has 2 aliphatic carbocycles. The van der Waals surface area contributed by atoms with Crippen LogP contribution >= 0.6 is 0 Å². The molecule has 5 nitrogen and oxygen atoms in total. The Morgan fingerprint density at radius 1 is 1.21 bits per heavy atom. The van der Waals surface area contributed by atoms with Crippen LogP contribution in [0.3, 0.4) is 0 Å². The highest BCUT2D eigenvalue weighted by atomic mass is 16.5. The van der Waals surface area contributed by atoms with Crippen LogP contribution in [0.15, 0.2) is 24.0 Å². The third-order valence-corrected chi connectivity index (χ3v) is 6.39. The number of rotatable bonds is 2. The van der Waals surface area contributed by atoms with Crippen LogP contribution in [0, 0.1) is 0 Å². The van der Waals surface area contributed by atoms with Gasteiger partial charge in [-0.15, -0.1) is 0 Å². The fourth-order valence-corrected chi connectivity index (χ4v) is 5.27. The predicted molar refractivity (Wildman–Crippen MR) is 89.4 cm³/mol. The lowest BCUT2D eigenvalue weighted by Crippen LogP contribution is -2.59. The number of likely N-dealkylation sites (tertiary alicyclic amines) is 1. The molecule has 1 aliphatic heterocycles. The second kappa shape index (κ2) is 4.99. The van der Waals surface area contributed by atoms with Crippen molar-refractivity contribution in [3.63, 3.8) is 0 Å². The Hall–Kier alpha value is -2.01. The molecule has 2 atom stereocenters. The maximum absolute atomic E-state index is 12.7. The van der Waals surface area contributed by atoms with E-state index in [1.807, 2.05) is 12.1 Å². The number of carbonyl (C=O) groups excluding carboxylic acids is 1. The van der Waals surface area contributed by atoms with Gasteiger partial charge in [0.15, 0.2) is 23.0 Å². The van der Waals surface area contributed by atoms with Crippen LogP contribution in [0.25, 0.3) is 0 Å². The van der Waals surface area contributed by atoms with E-state index in [1.54, 1.807) is 20.3 Å². The summed E-state index contributed by atoms with van der Waals surface area (Å²) in [6.45, 7) is 0.902. The number of ether oxygens (including phenoxy) is 2. The summed E-state index contributed by atoms with van der Waals surface area (Å²) < 4.78 is 11.0. The van der Waals surface area contributed by atoms with Crippen LogP contribution < -0.4 is 4.74 Å². The van der Waals surface area contributed by atoms with Gasteiger partial charge in [0, 0.05) is 17.4 Å². The number of phenols is 1. The number of methoxy groups -OCH3 is 2. The highest BCUT2D eigenvalue weighted by Gasteiger charge is 2.64. The minimum absolute atomic E-state index is 0.0293. The molecular formula is C19H23NO4. The monoisotopic (exact) mass is 329 g/mol. The van der Waals surface area contributed by atoms with Gasteiger partial charge in [-0.3, -0.25) is 9.69 Å². The van der Waals surface area contributed by atoms with E-state index in [0.29, 0.717) is 17.9 Å². The molecule has 0 saturated carbocycles. The summed E-state index contributed by atoms with van der Waals surface area (Å²) in [5.41, 5.74) is 1.57. The van der Waals surface area contributed by atoms with E-state index in [9.17, 15) is 9.90 Å². The summed E-state index contributed by atoms with van der Waals surface area (Å²) in [4.78, 5) is 15.0. The van der Waals surface area contributed by atoms with Crippen LogP contribution in [0.2, 0.25) is 0 Å². The number of hydrogen-bond donors (Lipinski definition) is 1. The second-order valence-electron chi connectivity index (χ2n) is 7.14. The van der Waals surface area contributed by atoms with Crippen LogP contribution in [0.5, 0.6) is 11.5 Å². The first-order chi connectivity index (χ1) is 11.5. The lowest BCUT2D eigenvalue weighted by molar-refractivity contribution is -0.122. The summed E-state index contributed by atoms with van der Waals surface area (Å²) in [6, 6.07) is 3.67. The predicted octanol–water partition coefficient (Wildman–Crippen LogP) is 2.16. The highest BCUT2D eigenvalue weighted by Crippen LogP contribution is 2.61. The molecule has 5 heteroatoms. The number of hydrogen-bond acceptors (Lipinski definition) is 5. The number of fused-ring (bicyclic) bond motifs is 1. The molecule has 0 spiro atoms. The lowest BCUT2D eigenvalue weighted by Gasteiger charge is -2.53. The molecule has 0 aromatic heterocycles. The summed E-state index contributed by atoms with van der Waals surface area (Å²) in [5, 5.41) is 10.3. The smallest absolute Gasteiger partial charge is 0.198 e. The van der Waals surface area contributed by atoms with Gasteiger partial charge >= 0.3 is 0 Å². The molecule has 1 aromatic carbocycles. The normalized spacial score (nSPS) is 31.8. The number of nitrogens with zero attached hydrogens (tertiary/aromatic N) is 1. The summed E-state index contributed by atoms with van der Waals surface area (Å²) in [7, 11) is 5.26. The molecule has 0 amide bonds. The molecule has 1 N–H and O–H groups in total. The molecule has 1 aromatic rings. The molecule has 0 radical (unpaired) electrons. The molecule has 1 fully saturated rings. The van der Waals surface area contributed by atoms with Gasteiger partial charge in [0.05, 0.1) is 19.8 Å². The van der Waals surface area contributed by atoms with Crippen molar-refractivity contribution in [3.05, 3.63) is 35.1 Å². The molecule has 2 unspecified atom stereocenters. The largest absolute Gasteiger partial charge is 0.504 e. The first-order valence-electron chi connectivity index (χ1n) is 8.40. The van der Waals surface area contributed by atoms with Gasteiger partial charge in [-0.05, 0) is 50.6 Å². The molecule has 0 bridgehead atoms. The number of aromatic hydroxyl groups is 1. The third kappa shape index (κ3) is 1.66. The minimum Gasteiger partial charge on any atom is -0.504 e. The van der Waals surface area contributed by atoms with E-state index < -0.39 is 0 Å². The molecule has 24 heavy (non-hydrogen) atoms. The Bertz CT molecular complexity index is 756. The Morgan fingerprint density at radius 3 is 2.71 bits per heavy atom. The number of likely N-dealkylation sites (N-methyl/N-ethyl adjacent to an activating group) is 1. The summed E-state index contributed by atoms with van der Waals surface area (Å²) in [5.74, 6) is 1.16. The zero-order valence-corrected chi connectivity index (χ0v) is 14.4. The number of ketones is 1. The fraction of sp³-hybridized carbons (Fsp3) is 0.526. The van der Waals surface area contributed by atoms with Crippen molar-refractivity contribution in [3.8, 4) is 11.5 Å². The van der Waals surface area contributed by atoms with Crippen molar-refractivity contribution in [2.24, 2.45) is 0 Å². The molecular weight excluding hydrogens is 306 g/mol. The van der Waals surface area contributed by atoms with Crippen LogP contribution in [-0.2, 0) is 21.4 Å². The number of carbonyl (C=O) groups is 1. The van der Waals surface area contributed by atoms with Crippen LogP contribution in [0.4, 0.5) is 0 Å². The molecule has 3 aliphatic rings. The summed E-state index contributed by atoms with van der Waals surface area (Å²) >= 11 is 0. The van der Waals surface area contributed by atoms with Crippen molar-refractivity contribution < 1.29 is 19.4 Å². The second-order valence-corrected chi connectivity index (χ2v) is 7.14. The number of allylic oxidation sites excluding steroid dienone is 1. The Balaban J connectivity index is 2.04. The maximum Gasteiger partial charge on any atom is 0.198 e. The van der Waals surface area contributed by atoms with Crippen LogP contribution in [0.1, 0.15) is 30.4 Å². The van der Waals surface area contributed by atoms with Gasteiger partial charge in [0.25, 0.3) is 0 Å². The highest BCUT2D eigenvalue weighted by molar-refractivity contribution is 5.97. The Labute approximate surface area is 141 Å². The van der Waals surface area contributed by atoms with E-state index in [2.05, 4.69) is 11.9 Å². The number of phenolic OH excluding ortho intramolecular Hbond substituents is 1. The van der Waals surface area contributed by atoms with Crippen molar-refractivity contribution in [1.29, 1.82) is 0 Å². The lowest BCUT2D eigenvalue weighted by atomic mass is 9.54. The SMILES string of the molecule is COC1=CC23CCc4ccc(O)c(OC)c4C2(CCN3C)CC1=O. The average molecular weight is 329 g/mol. The van der Waals surface area contributed by atoms with E-state index in [1.165, 1.54) is 5.56 Å². The Morgan fingerprint density at radius 2 is 2.00 bits per heavy atom. The van der Waals surface area contributed by atoms with Gasteiger partial charge in [-0.1, -0.05) is 6.07 Å². The average Bonchev–Trinajstić information content (AvgIpc) is 2.87. The third-order valence-electron chi connectivity index (χ3n) is 6.39. The van der Waals surface area contributed by atoms with Gasteiger partial charge < -0.3 is 14.6 Å². The first kappa shape index (κ1) is 15.5. The van der Waals surface area contributed by atoms with E-state index >= 15 is 0 Å². The van der Waals surface area contributed by atoms with Gasteiger partial charge in [0.1, 0.15) is 0 Å². The van der Waals surface area contributed by atoms with Gasteiger partial charge in [-0.2, -0.15) is 0 Å². The molecule has 1 saturated heterocycles. The minimum atomic E-state index is -0.363. The molecule has 1 heterocycles. The van der Waals surface area contributed by atoms with Crippen LogP contribution in [-0.4, -0.2) is 49.1 Å².